The standard InChI is InChI=1S/C13H9F2NO3S/c14-9-1-4-13(11(15)6-9)20-10-2-3-12(16(18)19)8(5-10)7-17/h1-6,17H,7H2. The van der Waals surface area contributed by atoms with Crippen LogP contribution in [0.1, 0.15) is 5.56 Å². The van der Waals surface area contributed by atoms with Gasteiger partial charge in [-0.15, -0.1) is 0 Å². The average molecular weight is 297 g/mol. The summed E-state index contributed by atoms with van der Waals surface area (Å²) in [4.78, 5) is 10.8. The van der Waals surface area contributed by atoms with Crippen molar-refractivity contribution < 1.29 is 18.8 Å². The Bertz CT molecular complexity index is 664. The minimum Gasteiger partial charge on any atom is -0.391 e. The molecule has 7 heteroatoms. The summed E-state index contributed by atoms with van der Waals surface area (Å²) in [5, 5.41) is 19.8. The molecular weight excluding hydrogens is 288 g/mol. The van der Waals surface area contributed by atoms with E-state index >= 15 is 0 Å². The van der Waals surface area contributed by atoms with Gasteiger partial charge in [0.15, 0.2) is 0 Å². The molecule has 4 nitrogen and oxygen atoms in total. The number of benzene rings is 2. The zero-order chi connectivity index (χ0) is 14.7. The topological polar surface area (TPSA) is 63.4 Å². The number of halogens is 2. The van der Waals surface area contributed by atoms with Crippen LogP contribution in [0.5, 0.6) is 0 Å². The van der Waals surface area contributed by atoms with Gasteiger partial charge in [-0.3, -0.25) is 10.1 Å². The van der Waals surface area contributed by atoms with Crippen molar-refractivity contribution in [2.45, 2.75) is 16.4 Å². The van der Waals surface area contributed by atoms with E-state index in [2.05, 4.69) is 0 Å². The van der Waals surface area contributed by atoms with Crippen molar-refractivity contribution in [1.82, 2.24) is 0 Å². The Morgan fingerprint density at radius 3 is 2.55 bits per heavy atom. The van der Waals surface area contributed by atoms with E-state index in [1.54, 1.807) is 0 Å². The van der Waals surface area contributed by atoms with E-state index in [0.29, 0.717) is 4.90 Å². The molecule has 0 saturated heterocycles. The number of hydrogen-bond acceptors (Lipinski definition) is 4. The van der Waals surface area contributed by atoms with Crippen LogP contribution in [0.25, 0.3) is 0 Å². The van der Waals surface area contributed by atoms with Gasteiger partial charge in [0.25, 0.3) is 5.69 Å². The number of rotatable bonds is 4. The second-order valence-electron chi connectivity index (χ2n) is 3.88. The quantitative estimate of drug-likeness (QED) is 0.693. The Morgan fingerprint density at radius 2 is 1.95 bits per heavy atom. The highest BCUT2D eigenvalue weighted by Crippen LogP contribution is 2.33. The summed E-state index contributed by atoms with van der Waals surface area (Å²) in [5.74, 6) is -1.38. The van der Waals surface area contributed by atoms with E-state index in [-0.39, 0.29) is 16.1 Å². The van der Waals surface area contributed by atoms with Crippen molar-refractivity contribution in [3.8, 4) is 0 Å². The molecule has 0 bridgehead atoms. The Balaban J connectivity index is 2.32. The zero-order valence-corrected chi connectivity index (χ0v) is 10.9. The Morgan fingerprint density at radius 1 is 1.20 bits per heavy atom. The lowest BCUT2D eigenvalue weighted by Gasteiger charge is -2.05. The SMILES string of the molecule is O=[N+]([O-])c1ccc(Sc2ccc(F)cc2F)cc1CO. The van der Waals surface area contributed by atoms with E-state index in [1.807, 2.05) is 0 Å². The molecule has 20 heavy (non-hydrogen) atoms. The van der Waals surface area contributed by atoms with Crippen LogP contribution in [0.2, 0.25) is 0 Å². The van der Waals surface area contributed by atoms with Gasteiger partial charge in [-0.1, -0.05) is 11.8 Å². The lowest BCUT2D eigenvalue weighted by atomic mass is 10.2. The third-order valence-corrected chi connectivity index (χ3v) is 3.58. The molecule has 104 valence electrons. The maximum absolute atomic E-state index is 13.5. The molecule has 0 aliphatic carbocycles. The Hall–Kier alpha value is -1.99. The predicted octanol–water partition coefficient (Wildman–Crippen LogP) is 3.52. The lowest BCUT2D eigenvalue weighted by molar-refractivity contribution is -0.385. The van der Waals surface area contributed by atoms with Gasteiger partial charge >= 0.3 is 0 Å². The van der Waals surface area contributed by atoms with Crippen molar-refractivity contribution in [3.63, 3.8) is 0 Å². The molecular formula is C13H9F2NO3S. The summed E-state index contributed by atoms with van der Waals surface area (Å²) in [6.07, 6.45) is 0. The summed E-state index contributed by atoms with van der Waals surface area (Å²) >= 11 is 0.997. The van der Waals surface area contributed by atoms with Crippen LogP contribution in [0.4, 0.5) is 14.5 Å². The van der Waals surface area contributed by atoms with E-state index in [9.17, 15) is 18.9 Å². The molecule has 0 radical (unpaired) electrons. The molecule has 0 aliphatic heterocycles. The molecule has 1 N–H and O–H groups in total. The van der Waals surface area contributed by atoms with Crippen molar-refractivity contribution in [2.24, 2.45) is 0 Å². The first-order chi connectivity index (χ1) is 9.51. The van der Waals surface area contributed by atoms with Crippen molar-refractivity contribution in [1.29, 1.82) is 0 Å². The first-order valence-electron chi connectivity index (χ1n) is 5.52. The number of aliphatic hydroxyl groups excluding tert-OH is 1. The molecule has 0 unspecified atom stereocenters. The first kappa shape index (κ1) is 14.4. The van der Waals surface area contributed by atoms with Crippen LogP contribution < -0.4 is 0 Å². The number of nitro groups is 1. The van der Waals surface area contributed by atoms with Gasteiger partial charge in [0.05, 0.1) is 17.1 Å². The fourth-order valence-electron chi connectivity index (χ4n) is 1.62. The predicted molar refractivity (Wildman–Crippen MR) is 69.5 cm³/mol. The van der Waals surface area contributed by atoms with Crippen LogP contribution >= 0.6 is 11.8 Å². The highest BCUT2D eigenvalue weighted by Gasteiger charge is 2.14. The number of nitro benzene ring substituents is 1. The molecule has 2 aromatic rings. The minimum atomic E-state index is -0.709. The molecule has 2 aromatic carbocycles. The van der Waals surface area contributed by atoms with Crippen molar-refractivity contribution in [2.75, 3.05) is 0 Å². The fraction of sp³-hybridized carbons (Fsp3) is 0.0769. The second-order valence-corrected chi connectivity index (χ2v) is 5.00. The van der Waals surface area contributed by atoms with Gasteiger partial charge in [-0.05, 0) is 24.3 Å². The fourth-order valence-corrected chi connectivity index (χ4v) is 2.50. The highest BCUT2D eigenvalue weighted by molar-refractivity contribution is 7.99. The van der Waals surface area contributed by atoms with E-state index in [0.717, 1.165) is 23.9 Å². The largest absolute Gasteiger partial charge is 0.391 e. The maximum atomic E-state index is 13.5. The molecule has 0 heterocycles. The number of nitrogens with zero attached hydrogens (tertiary/aromatic N) is 1. The molecule has 0 saturated carbocycles. The Kier molecular flexibility index (Phi) is 4.31. The average Bonchev–Trinajstić information content (AvgIpc) is 2.41. The van der Waals surface area contributed by atoms with Gasteiger partial charge in [-0.2, -0.15) is 0 Å². The normalized spacial score (nSPS) is 10.6. The molecule has 0 aromatic heterocycles. The van der Waals surface area contributed by atoms with Crippen LogP contribution in [-0.2, 0) is 6.61 Å². The van der Waals surface area contributed by atoms with E-state index in [1.165, 1.54) is 24.3 Å². The van der Waals surface area contributed by atoms with Crippen LogP contribution in [0.15, 0.2) is 46.2 Å². The molecule has 0 fully saturated rings. The Labute approximate surface area is 117 Å². The minimum absolute atomic E-state index is 0.141. The van der Waals surface area contributed by atoms with Crippen LogP contribution in [0.3, 0.4) is 0 Å². The van der Waals surface area contributed by atoms with Gasteiger partial charge in [0.2, 0.25) is 0 Å². The summed E-state index contributed by atoms with van der Waals surface area (Å²) in [5.41, 5.74) is -0.0565. The van der Waals surface area contributed by atoms with Crippen molar-refractivity contribution in [3.05, 3.63) is 63.7 Å². The monoisotopic (exact) mass is 297 g/mol. The maximum Gasteiger partial charge on any atom is 0.274 e. The van der Waals surface area contributed by atoms with Crippen molar-refractivity contribution >= 4 is 17.4 Å². The third kappa shape index (κ3) is 3.12. The number of aliphatic hydroxyl groups is 1. The summed E-state index contributed by atoms with van der Waals surface area (Å²) in [7, 11) is 0. The molecule has 2 rings (SSSR count). The van der Waals surface area contributed by atoms with Crippen LogP contribution in [-0.4, -0.2) is 10.0 Å². The third-order valence-electron chi connectivity index (χ3n) is 2.54. The molecule has 0 amide bonds. The van der Waals surface area contributed by atoms with Gasteiger partial charge in [0, 0.05) is 21.9 Å². The van der Waals surface area contributed by atoms with Gasteiger partial charge in [0.1, 0.15) is 11.6 Å². The molecule has 0 spiro atoms. The smallest absolute Gasteiger partial charge is 0.274 e. The second kappa shape index (κ2) is 5.98. The van der Waals surface area contributed by atoms with E-state index < -0.39 is 23.2 Å². The summed E-state index contributed by atoms with van der Waals surface area (Å²) in [6.45, 7) is -0.489. The number of hydrogen-bond donors (Lipinski definition) is 1. The first-order valence-corrected chi connectivity index (χ1v) is 6.34. The lowest BCUT2D eigenvalue weighted by Crippen LogP contribution is -1.95. The van der Waals surface area contributed by atoms with Crippen LogP contribution in [0, 0.1) is 21.7 Å². The highest BCUT2D eigenvalue weighted by atomic mass is 32.2. The molecule has 0 aliphatic rings. The zero-order valence-electron chi connectivity index (χ0n) is 10.0. The summed E-state index contributed by atoms with van der Waals surface area (Å²) < 4.78 is 26.3. The summed E-state index contributed by atoms with van der Waals surface area (Å²) in [6, 6.07) is 7.28. The van der Waals surface area contributed by atoms with E-state index in [4.69, 9.17) is 5.11 Å². The molecule has 0 atom stereocenters. The van der Waals surface area contributed by atoms with Gasteiger partial charge in [-0.25, -0.2) is 8.78 Å². The van der Waals surface area contributed by atoms with Gasteiger partial charge < -0.3 is 5.11 Å².